The lowest BCUT2D eigenvalue weighted by atomic mass is 10.1. The molecule has 2 atom stereocenters. The van der Waals surface area contributed by atoms with Crippen molar-refractivity contribution in [2.75, 3.05) is 32.1 Å². The molecule has 2 N–H and O–H groups in total. The number of rotatable bonds is 7. The predicted octanol–water partition coefficient (Wildman–Crippen LogP) is 3.75. The highest BCUT2D eigenvalue weighted by atomic mass is 19.4. The van der Waals surface area contributed by atoms with Gasteiger partial charge in [-0.05, 0) is 31.5 Å². The van der Waals surface area contributed by atoms with E-state index in [4.69, 9.17) is 4.74 Å². The third kappa shape index (κ3) is 5.91. The van der Waals surface area contributed by atoms with Crippen LogP contribution in [0.25, 0.3) is 28.0 Å². The first kappa shape index (κ1) is 27.1. The lowest BCUT2D eigenvalue weighted by Gasteiger charge is -2.21. The van der Waals surface area contributed by atoms with Crippen LogP contribution in [0.5, 0.6) is 0 Å². The van der Waals surface area contributed by atoms with Gasteiger partial charge in [-0.3, -0.25) is 9.48 Å². The molecule has 0 aliphatic carbocycles. The number of nitrogens with one attached hydrogen (secondary N) is 2. The van der Waals surface area contributed by atoms with Crippen molar-refractivity contribution in [2.24, 2.45) is 0 Å². The molecule has 1 aliphatic heterocycles. The minimum atomic E-state index is -4.50. The summed E-state index contributed by atoms with van der Waals surface area (Å²) in [6.07, 6.45) is 3.10. The monoisotopic (exact) mass is 556 g/mol. The summed E-state index contributed by atoms with van der Waals surface area (Å²) in [6, 6.07) is 7.01. The third-order valence-corrected chi connectivity index (χ3v) is 6.71. The Morgan fingerprint density at radius 2 is 1.93 bits per heavy atom. The summed E-state index contributed by atoms with van der Waals surface area (Å²) in [7, 11) is 1.65. The van der Waals surface area contributed by atoms with Crippen LogP contribution in [0, 0.1) is 0 Å². The van der Waals surface area contributed by atoms with Gasteiger partial charge in [-0.1, -0.05) is 12.1 Å². The minimum absolute atomic E-state index is 0.0183. The van der Waals surface area contributed by atoms with Gasteiger partial charge in [0.2, 0.25) is 5.91 Å². The van der Waals surface area contributed by atoms with Crippen molar-refractivity contribution in [3.05, 3.63) is 55.1 Å². The van der Waals surface area contributed by atoms with Gasteiger partial charge in [-0.15, -0.1) is 0 Å². The molecule has 1 saturated heterocycles. The number of methoxy groups -OCH3 is 1. The van der Waals surface area contributed by atoms with E-state index in [2.05, 4.69) is 20.5 Å². The van der Waals surface area contributed by atoms with Crippen molar-refractivity contribution in [2.45, 2.75) is 31.7 Å². The summed E-state index contributed by atoms with van der Waals surface area (Å²) < 4.78 is 45.7. The molecular formula is C26H27F3N8O3. The topological polar surface area (TPSA) is 119 Å². The van der Waals surface area contributed by atoms with E-state index in [0.29, 0.717) is 35.7 Å². The van der Waals surface area contributed by atoms with Crippen LogP contribution in [0.3, 0.4) is 0 Å². The summed E-state index contributed by atoms with van der Waals surface area (Å²) in [5.41, 5.74) is 3.66. The van der Waals surface area contributed by atoms with E-state index in [1.54, 1.807) is 75.6 Å². The molecule has 0 saturated carbocycles. The number of alkyl halides is 3. The lowest BCUT2D eigenvalue weighted by Crippen LogP contribution is -2.36. The number of imidazole rings is 1. The van der Waals surface area contributed by atoms with Crippen LogP contribution in [-0.4, -0.2) is 80.2 Å². The van der Waals surface area contributed by atoms with Gasteiger partial charge < -0.3 is 20.3 Å². The standard InChI is InChI=1S/C26H27F3N8O3/c1-16(24(38)35-7-6-21(14-35)40-2)36-13-19(11-32-36)18-9-23-30-12-22(37(23)33-10-18)17-4-3-5-20(8-17)34-25(39)31-15-26(27,28)29/h3-5,8-13,16,21H,6-7,14-15H2,1-2H3,(H2,31,34,39). The van der Waals surface area contributed by atoms with Crippen LogP contribution in [0.4, 0.5) is 23.7 Å². The van der Waals surface area contributed by atoms with Gasteiger partial charge in [0.1, 0.15) is 12.6 Å². The lowest BCUT2D eigenvalue weighted by molar-refractivity contribution is -0.134. The van der Waals surface area contributed by atoms with Crippen molar-refractivity contribution in [3.8, 4) is 22.4 Å². The molecule has 1 aliphatic rings. The molecule has 2 unspecified atom stereocenters. The largest absolute Gasteiger partial charge is 0.405 e. The van der Waals surface area contributed by atoms with Crippen LogP contribution >= 0.6 is 0 Å². The number of carbonyl (C=O) groups is 2. The first-order valence-electron chi connectivity index (χ1n) is 12.5. The average molecular weight is 557 g/mol. The zero-order valence-electron chi connectivity index (χ0n) is 21.7. The van der Waals surface area contributed by atoms with Crippen LogP contribution in [0.2, 0.25) is 0 Å². The number of hydrogen-bond acceptors (Lipinski definition) is 6. The maximum atomic E-state index is 12.9. The number of ether oxygens (including phenoxy) is 1. The number of likely N-dealkylation sites (tertiary alicyclic amines) is 1. The van der Waals surface area contributed by atoms with Crippen LogP contribution < -0.4 is 10.6 Å². The Bertz CT molecular complexity index is 1530. The summed E-state index contributed by atoms with van der Waals surface area (Å²) >= 11 is 0. The summed E-state index contributed by atoms with van der Waals surface area (Å²) in [5, 5.41) is 13.1. The van der Waals surface area contributed by atoms with E-state index in [1.165, 1.54) is 0 Å². The van der Waals surface area contributed by atoms with E-state index >= 15 is 0 Å². The predicted molar refractivity (Wildman–Crippen MR) is 139 cm³/mol. The number of fused-ring (bicyclic) bond motifs is 1. The Morgan fingerprint density at radius 3 is 2.67 bits per heavy atom. The normalized spacial score (nSPS) is 16.3. The Kier molecular flexibility index (Phi) is 7.43. The van der Waals surface area contributed by atoms with Crippen LogP contribution in [-0.2, 0) is 9.53 Å². The quantitative estimate of drug-likeness (QED) is 0.358. The van der Waals surface area contributed by atoms with E-state index < -0.39 is 24.8 Å². The average Bonchev–Trinajstić information content (AvgIpc) is 3.70. The Labute approximate surface area is 226 Å². The Morgan fingerprint density at radius 1 is 1.12 bits per heavy atom. The molecule has 3 amide bonds. The van der Waals surface area contributed by atoms with Gasteiger partial charge in [-0.25, -0.2) is 14.3 Å². The highest BCUT2D eigenvalue weighted by molar-refractivity contribution is 5.90. The number of benzene rings is 1. The molecule has 1 aromatic carbocycles. The maximum Gasteiger partial charge on any atom is 0.405 e. The number of aromatic nitrogens is 5. The zero-order valence-corrected chi connectivity index (χ0v) is 21.7. The van der Waals surface area contributed by atoms with E-state index in [1.807, 2.05) is 13.0 Å². The van der Waals surface area contributed by atoms with Crippen molar-refractivity contribution < 1.29 is 27.5 Å². The number of urea groups is 1. The molecule has 5 rings (SSSR count). The van der Waals surface area contributed by atoms with Crippen molar-refractivity contribution >= 4 is 23.3 Å². The fourth-order valence-corrected chi connectivity index (χ4v) is 4.54. The number of nitrogens with zero attached hydrogens (tertiary/aromatic N) is 6. The zero-order chi connectivity index (χ0) is 28.4. The van der Waals surface area contributed by atoms with Crippen molar-refractivity contribution in [3.63, 3.8) is 0 Å². The Balaban J connectivity index is 1.30. The molecule has 4 aromatic rings. The molecule has 0 bridgehead atoms. The van der Waals surface area contributed by atoms with Gasteiger partial charge >= 0.3 is 12.2 Å². The van der Waals surface area contributed by atoms with Gasteiger partial charge in [-0.2, -0.15) is 23.4 Å². The van der Waals surface area contributed by atoms with Crippen molar-refractivity contribution in [1.82, 2.24) is 34.6 Å². The molecule has 1 fully saturated rings. The SMILES string of the molecule is COC1CCN(C(=O)C(C)n2cc(-c3cnn4c(-c5cccc(NC(=O)NCC(F)(F)F)c5)cnc4c3)cn2)C1. The smallest absolute Gasteiger partial charge is 0.380 e. The van der Waals surface area contributed by atoms with Crippen LogP contribution in [0.15, 0.2) is 55.1 Å². The molecule has 0 radical (unpaired) electrons. The van der Waals surface area contributed by atoms with Crippen molar-refractivity contribution in [1.29, 1.82) is 0 Å². The molecule has 0 spiro atoms. The first-order chi connectivity index (χ1) is 19.1. The molecule has 40 heavy (non-hydrogen) atoms. The van der Waals surface area contributed by atoms with E-state index in [-0.39, 0.29) is 12.0 Å². The van der Waals surface area contributed by atoms with E-state index in [9.17, 15) is 22.8 Å². The maximum absolute atomic E-state index is 12.9. The first-order valence-corrected chi connectivity index (χ1v) is 12.5. The molecule has 14 heteroatoms. The van der Waals surface area contributed by atoms with Gasteiger partial charge in [0.25, 0.3) is 0 Å². The number of hydrogen-bond donors (Lipinski definition) is 2. The number of carbonyl (C=O) groups excluding carboxylic acids is 2. The molecule has 11 nitrogen and oxygen atoms in total. The summed E-state index contributed by atoms with van der Waals surface area (Å²) in [6.45, 7) is 1.60. The highest BCUT2D eigenvalue weighted by Gasteiger charge is 2.30. The molecule has 4 heterocycles. The molecule has 3 aromatic heterocycles. The van der Waals surface area contributed by atoms with Crippen LogP contribution in [0.1, 0.15) is 19.4 Å². The van der Waals surface area contributed by atoms with Gasteiger partial charge in [0.05, 0.1) is 30.4 Å². The minimum Gasteiger partial charge on any atom is -0.380 e. The number of amides is 3. The number of halogens is 3. The van der Waals surface area contributed by atoms with E-state index in [0.717, 1.165) is 17.5 Å². The fraction of sp³-hybridized carbons (Fsp3) is 0.346. The Hall–Kier alpha value is -4.46. The van der Waals surface area contributed by atoms with Gasteiger partial charge in [0.15, 0.2) is 5.65 Å². The highest BCUT2D eigenvalue weighted by Crippen LogP contribution is 2.27. The second-order valence-corrected chi connectivity index (χ2v) is 9.48. The second kappa shape index (κ2) is 11.0. The summed E-state index contributed by atoms with van der Waals surface area (Å²) in [4.78, 5) is 31.0. The fourth-order valence-electron chi connectivity index (χ4n) is 4.54. The number of anilines is 1. The second-order valence-electron chi connectivity index (χ2n) is 9.48. The van der Waals surface area contributed by atoms with Gasteiger partial charge in [0, 0.05) is 48.8 Å². The molecular weight excluding hydrogens is 529 g/mol. The summed E-state index contributed by atoms with van der Waals surface area (Å²) in [5.74, 6) is -0.0183. The molecule has 210 valence electrons. The third-order valence-electron chi connectivity index (χ3n) is 6.71.